The van der Waals surface area contributed by atoms with Crippen molar-refractivity contribution in [1.29, 1.82) is 0 Å². The fourth-order valence-electron chi connectivity index (χ4n) is 2.53. The molecule has 0 fully saturated rings. The number of rotatable bonds is 7. The van der Waals surface area contributed by atoms with Crippen LogP contribution in [0.4, 0.5) is 0 Å². The van der Waals surface area contributed by atoms with E-state index in [0.717, 1.165) is 25.0 Å². The van der Waals surface area contributed by atoms with Crippen molar-refractivity contribution in [2.24, 2.45) is 0 Å². The molecule has 0 saturated heterocycles. The van der Waals surface area contributed by atoms with Gasteiger partial charge in [-0.1, -0.05) is 37.1 Å². The molecular weight excluding hydrogens is 240 g/mol. The highest BCUT2D eigenvalue weighted by Gasteiger charge is 2.28. The normalized spacial score (nSPS) is 19.5. The number of fused-ring (bicyclic) bond motifs is 1. The summed E-state index contributed by atoms with van der Waals surface area (Å²) in [5, 5.41) is 10.3. The van der Waals surface area contributed by atoms with Gasteiger partial charge in [0.25, 0.3) is 0 Å². The Labute approximate surface area is 114 Å². The maximum atomic E-state index is 10.3. The minimum absolute atomic E-state index is 0.176. The first-order chi connectivity index (χ1) is 8.83. The van der Waals surface area contributed by atoms with Crippen molar-refractivity contribution >= 4 is 11.8 Å². The summed E-state index contributed by atoms with van der Waals surface area (Å²) in [6.07, 6.45) is 7.34. The molecule has 2 atom stereocenters. The summed E-state index contributed by atoms with van der Waals surface area (Å²) in [4.78, 5) is 1.35. The van der Waals surface area contributed by atoms with Crippen molar-refractivity contribution in [3.05, 3.63) is 42.5 Å². The summed E-state index contributed by atoms with van der Waals surface area (Å²) in [5.74, 6) is 1.37. The Bertz CT molecular complexity index is 388. The van der Waals surface area contributed by atoms with E-state index in [0.29, 0.717) is 5.92 Å². The van der Waals surface area contributed by atoms with Crippen molar-refractivity contribution in [2.45, 2.75) is 49.0 Å². The zero-order valence-corrected chi connectivity index (χ0v) is 11.7. The zero-order chi connectivity index (χ0) is 12.8. The number of aliphatic hydroxyl groups is 1. The molecule has 1 heterocycles. The molecule has 1 aliphatic heterocycles. The Morgan fingerprint density at radius 1 is 1.33 bits per heavy atom. The van der Waals surface area contributed by atoms with Crippen LogP contribution >= 0.6 is 11.8 Å². The molecule has 0 radical (unpaired) electrons. The number of allylic oxidation sites excluding steroid dienone is 1. The van der Waals surface area contributed by atoms with E-state index < -0.39 is 0 Å². The molecule has 98 valence electrons. The molecular formula is C16H22OS. The van der Waals surface area contributed by atoms with E-state index in [1.165, 1.54) is 23.3 Å². The predicted octanol–water partition coefficient (Wildman–Crippen LogP) is 4.37. The third-order valence-electron chi connectivity index (χ3n) is 3.61. The molecule has 1 aromatic rings. The van der Waals surface area contributed by atoms with Crippen molar-refractivity contribution < 1.29 is 5.11 Å². The lowest BCUT2D eigenvalue weighted by atomic mass is 9.92. The maximum absolute atomic E-state index is 10.3. The average Bonchev–Trinajstić information content (AvgIpc) is 2.82. The third kappa shape index (κ3) is 3.39. The molecule has 0 amide bonds. The standard InChI is InChI=1S/C16H22OS/c1-2-3-4-5-6-10-15(17)14-12-18-16-11-8-7-9-13(14)16/h2,7-9,11,14-15,17H,1,3-6,10,12H2. The first kappa shape index (κ1) is 13.7. The zero-order valence-electron chi connectivity index (χ0n) is 10.8. The van der Waals surface area contributed by atoms with Crippen LogP contribution in [0.1, 0.15) is 43.6 Å². The molecule has 0 spiro atoms. The number of benzene rings is 1. The van der Waals surface area contributed by atoms with E-state index in [4.69, 9.17) is 0 Å². The Morgan fingerprint density at radius 2 is 2.17 bits per heavy atom. The Hall–Kier alpha value is -0.730. The van der Waals surface area contributed by atoms with Gasteiger partial charge in [-0.05, 0) is 30.9 Å². The number of hydrogen-bond acceptors (Lipinski definition) is 2. The predicted molar refractivity (Wildman–Crippen MR) is 79.2 cm³/mol. The quantitative estimate of drug-likeness (QED) is 0.581. The van der Waals surface area contributed by atoms with E-state index in [1.807, 2.05) is 17.8 Å². The minimum atomic E-state index is -0.176. The molecule has 2 unspecified atom stereocenters. The van der Waals surface area contributed by atoms with Crippen LogP contribution in [0.3, 0.4) is 0 Å². The van der Waals surface area contributed by atoms with E-state index >= 15 is 0 Å². The topological polar surface area (TPSA) is 20.2 Å². The molecule has 0 bridgehead atoms. The molecule has 2 heteroatoms. The first-order valence-corrected chi connectivity index (χ1v) is 7.82. The van der Waals surface area contributed by atoms with Gasteiger partial charge < -0.3 is 5.11 Å². The lowest BCUT2D eigenvalue weighted by Gasteiger charge is -2.18. The Morgan fingerprint density at radius 3 is 3.00 bits per heavy atom. The Kier molecular flexibility index (Phi) is 5.33. The number of thioether (sulfide) groups is 1. The van der Waals surface area contributed by atoms with Gasteiger partial charge in [0.1, 0.15) is 0 Å². The van der Waals surface area contributed by atoms with Gasteiger partial charge in [-0.2, -0.15) is 0 Å². The van der Waals surface area contributed by atoms with Crippen LogP contribution in [0, 0.1) is 0 Å². The second-order valence-electron chi connectivity index (χ2n) is 4.95. The second kappa shape index (κ2) is 7.01. The molecule has 0 aliphatic carbocycles. The van der Waals surface area contributed by atoms with Gasteiger partial charge in [0.05, 0.1) is 6.10 Å². The minimum Gasteiger partial charge on any atom is -0.392 e. The van der Waals surface area contributed by atoms with E-state index in [-0.39, 0.29) is 6.10 Å². The van der Waals surface area contributed by atoms with Crippen LogP contribution in [0.2, 0.25) is 0 Å². The van der Waals surface area contributed by atoms with Crippen LogP contribution in [-0.2, 0) is 0 Å². The fourth-order valence-corrected chi connectivity index (χ4v) is 3.85. The Balaban J connectivity index is 1.80. The van der Waals surface area contributed by atoms with Crippen molar-refractivity contribution in [1.82, 2.24) is 0 Å². The van der Waals surface area contributed by atoms with Gasteiger partial charge >= 0.3 is 0 Å². The molecule has 1 aromatic carbocycles. The van der Waals surface area contributed by atoms with Gasteiger partial charge in [-0.25, -0.2) is 0 Å². The van der Waals surface area contributed by atoms with Gasteiger partial charge in [-0.3, -0.25) is 0 Å². The number of aliphatic hydroxyl groups excluding tert-OH is 1. The van der Waals surface area contributed by atoms with Crippen LogP contribution in [0.5, 0.6) is 0 Å². The number of unbranched alkanes of at least 4 members (excludes halogenated alkanes) is 3. The molecule has 1 nitrogen and oxygen atoms in total. The monoisotopic (exact) mass is 262 g/mol. The van der Waals surface area contributed by atoms with E-state index in [9.17, 15) is 5.11 Å². The summed E-state index contributed by atoms with van der Waals surface area (Å²) in [5.41, 5.74) is 1.35. The third-order valence-corrected chi connectivity index (χ3v) is 4.82. The highest BCUT2D eigenvalue weighted by atomic mass is 32.2. The average molecular weight is 262 g/mol. The summed E-state index contributed by atoms with van der Waals surface area (Å²) in [6.45, 7) is 3.73. The first-order valence-electron chi connectivity index (χ1n) is 6.83. The van der Waals surface area contributed by atoms with Gasteiger partial charge in [0.15, 0.2) is 0 Å². The van der Waals surface area contributed by atoms with Crippen LogP contribution < -0.4 is 0 Å². The van der Waals surface area contributed by atoms with Crippen molar-refractivity contribution in [3.8, 4) is 0 Å². The molecule has 0 saturated carbocycles. The largest absolute Gasteiger partial charge is 0.392 e. The van der Waals surface area contributed by atoms with Gasteiger partial charge in [0.2, 0.25) is 0 Å². The van der Waals surface area contributed by atoms with E-state index in [1.54, 1.807) is 0 Å². The molecule has 18 heavy (non-hydrogen) atoms. The lowest BCUT2D eigenvalue weighted by Crippen LogP contribution is -2.18. The molecule has 0 aromatic heterocycles. The second-order valence-corrected chi connectivity index (χ2v) is 6.01. The molecule has 1 aliphatic rings. The van der Waals surface area contributed by atoms with Crippen LogP contribution in [0.25, 0.3) is 0 Å². The highest BCUT2D eigenvalue weighted by molar-refractivity contribution is 7.99. The highest BCUT2D eigenvalue weighted by Crippen LogP contribution is 2.41. The summed E-state index contributed by atoms with van der Waals surface area (Å²) in [6, 6.07) is 8.49. The molecule has 2 rings (SSSR count). The smallest absolute Gasteiger partial charge is 0.0617 e. The summed E-state index contributed by atoms with van der Waals surface area (Å²) in [7, 11) is 0. The van der Waals surface area contributed by atoms with Gasteiger partial charge in [0, 0.05) is 16.6 Å². The summed E-state index contributed by atoms with van der Waals surface area (Å²) < 4.78 is 0. The summed E-state index contributed by atoms with van der Waals surface area (Å²) >= 11 is 1.88. The van der Waals surface area contributed by atoms with Crippen molar-refractivity contribution in [3.63, 3.8) is 0 Å². The maximum Gasteiger partial charge on any atom is 0.0617 e. The molecule has 1 N–H and O–H groups in total. The van der Waals surface area contributed by atoms with Gasteiger partial charge in [-0.15, -0.1) is 18.3 Å². The van der Waals surface area contributed by atoms with Crippen LogP contribution in [-0.4, -0.2) is 17.0 Å². The fraction of sp³-hybridized carbons (Fsp3) is 0.500. The van der Waals surface area contributed by atoms with Crippen LogP contribution in [0.15, 0.2) is 41.8 Å². The van der Waals surface area contributed by atoms with E-state index in [2.05, 4.69) is 30.8 Å². The lowest BCUT2D eigenvalue weighted by molar-refractivity contribution is 0.138. The SMILES string of the molecule is C=CCCCCCC(O)C1CSc2ccccc21. The van der Waals surface area contributed by atoms with Crippen molar-refractivity contribution in [2.75, 3.05) is 5.75 Å². The number of hydrogen-bond donors (Lipinski definition) is 1.